The van der Waals surface area contributed by atoms with Crippen molar-refractivity contribution in [2.75, 3.05) is 17.2 Å². The minimum atomic E-state index is -0.185. The van der Waals surface area contributed by atoms with E-state index in [1.54, 1.807) is 30.7 Å². The fourth-order valence-electron chi connectivity index (χ4n) is 1.68. The molecule has 0 atom stereocenters. The Hall–Kier alpha value is -2.43. The largest absolute Gasteiger partial charge is 0.370 e. The van der Waals surface area contributed by atoms with Gasteiger partial charge in [0.15, 0.2) is 0 Å². The Balaban J connectivity index is 2.04. The van der Waals surface area contributed by atoms with Gasteiger partial charge in [0.2, 0.25) is 0 Å². The lowest BCUT2D eigenvalue weighted by Gasteiger charge is -2.08. The van der Waals surface area contributed by atoms with Crippen molar-refractivity contribution < 1.29 is 4.79 Å². The van der Waals surface area contributed by atoms with Crippen molar-refractivity contribution in [1.29, 1.82) is 0 Å². The smallest absolute Gasteiger partial charge is 0.257 e. The van der Waals surface area contributed by atoms with Crippen molar-refractivity contribution in [2.24, 2.45) is 0 Å². The molecule has 0 saturated carbocycles. The Morgan fingerprint density at radius 3 is 2.75 bits per heavy atom. The van der Waals surface area contributed by atoms with Crippen LogP contribution in [0.2, 0.25) is 0 Å². The van der Waals surface area contributed by atoms with Gasteiger partial charge in [0.1, 0.15) is 5.82 Å². The monoisotopic (exact) mass is 270 g/mol. The van der Waals surface area contributed by atoms with Crippen LogP contribution in [0.1, 0.15) is 29.3 Å². The molecular weight excluding hydrogens is 252 g/mol. The van der Waals surface area contributed by atoms with Crippen LogP contribution >= 0.6 is 0 Å². The number of carbonyl (C=O) groups excluding carboxylic acids is 1. The number of nitrogens with one attached hydrogen (secondary N) is 2. The van der Waals surface area contributed by atoms with Crippen LogP contribution in [0.3, 0.4) is 0 Å². The number of carbonyl (C=O) groups is 1. The van der Waals surface area contributed by atoms with Gasteiger partial charge < -0.3 is 10.6 Å². The molecule has 0 radical (unpaired) electrons. The molecule has 2 rings (SSSR count). The summed E-state index contributed by atoms with van der Waals surface area (Å²) in [6.45, 7) is 4.88. The van der Waals surface area contributed by atoms with Crippen LogP contribution in [0.4, 0.5) is 11.5 Å². The molecule has 0 fully saturated rings. The molecule has 0 saturated heterocycles. The van der Waals surface area contributed by atoms with Crippen LogP contribution in [-0.2, 0) is 0 Å². The van der Waals surface area contributed by atoms with Gasteiger partial charge in [-0.3, -0.25) is 9.78 Å². The average Bonchev–Trinajstić information content (AvgIpc) is 2.48. The average molecular weight is 270 g/mol. The quantitative estimate of drug-likeness (QED) is 0.876. The number of amides is 1. The maximum Gasteiger partial charge on any atom is 0.257 e. The summed E-state index contributed by atoms with van der Waals surface area (Å²) in [5, 5.41) is 5.99. The van der Waals surface area contributed by atoms with Crippen molar-refractivity contribution in [3.8, 4) is 0 Å². The molecule has 2 aromatic rings. The van der Waals surface area contributed by atoms with E-state index in [4.69, 9.17) is 0 Å². The molecule has 5 heteroatoms. The van der Waals surface area contributed by atoms with E-state index >= 15 is 0 Å². The van der Waals surface area contributed by atoms with Crippen molar-refractivity contribution in [1.82, 2.24) is 9.97 Å². The van der Waals surface area contributed by atoms with E-state index in [1.165, 1.54) is 0 Å². The van der Waals surface area contributed by atoms with Crippen LogP contribution < -0.4 is 10.6 Å². The van der Waals surface area contributed by atoms with E-state index in [0.717, 1.165) is 24.3 Å². The normalized spacial score (nSPS) is 10.1. The van der Waals surface area contributed by atoms with Crippen LogP contribution in [0.25, 0.3) is 0 Å². The van der Waals surface area contributed by atoms with Crippen molar-refractivity contribution in [3.63, 3.8) is 0 Å². The van der Waals surface area contributed by atoms with Gasteiger partial charge in [-0.2, -0.15) is 0 Å². The maximum absolute atomic E-state index is 12.1. The third-order valence-electron chi connectivity index (χ3n) is 2.87. The number of pyridine rings is 2. The number of aromatic nitrogens is 2. The summed E-state index contributed by atoms with van der Waals surface area (Å²) >= 11 is 0. The molecule has 0 aliphatic rings. The molecule has 0 bridgehead atoms. The Kier molecular flexibility index (Phi) is 4.65. The number of anilines is 2. The van der Waals surface area contributed by atoms with E-state index < -0.39 is 0 Å². The zero-order valence-corrected chi connectivity index (χ0v) is 11.7. The molecule has 20 heavy (non-hydrogen) atoms. The summed E-state index contributed by atoms with van der Waals surface area (Å²) in [5.41, 5.74) is 2.21. The number of hydrogen-bond donors (Lipinski definition) is 2. The first kappa shape index (κ1) is 14.0. The lowest BCUT2D eigenvalue weighted by atomic mass is 10.2. The minimum Gasteiger partial charge on any atom is -0.370 e. The minimum absolute atomic E-state index is 0.185. The summed E-state index contributed by atoms with van der Waals surface area (Å²) < 4.78 is 0. The highest BCUT2D eigenvalue weighted by Gasteiger charge is 2.08. The molecule has 1 amide bonds. The first-order valence-electron chi connectivity index (χ1n) is 6.62. The fourth-order valence-corrected chi connectivity index (χ4v) is 1.68. The number of rotatable bonds is 5. The molecule has 2 heterocycles. The van der Waals surface area contributed by atoms with Crippen LogP contribution in [0.5, 0.6) is 0 Å². The second-order valence-electron chi connectivity index (χ2n) is 4.50. The zero-order valence-electron chi connectivity index (χ0n) is 11.7. The Morgan fingerprint density at radius 2 is 2.10 bits per heavy atom. The molecule has 0 aliphatic heterocycles. The lowest BCUT2D eigenvalue weighted by Crippen LogP contribution is -2.13. The van der Waals surface area contributed by atoms with E-state index in [2.05, 4.69) is 27.5 Å². The van der Waals surface area contributed by atoms with Crippen molar-refractivity contribution in [3.05, 3.63) is 47.9 Å². The van der Waals surface area contributed by atoms with Gasteiger partial charge in [0.05, 0.1) is 17.4 Å². The van der Waals surface area contributed by atoms with E-state index in [1.807, 2.05) is 13.0 Å². The Labute approximate surface area is 118 Å². The predicted octanol–water partition coefficient (Wildman–Crippen LogP) is 2.86. The highest BCUT2D eigenvalue weighted by Crippen LogP contribution is 2.13. The van der Waals surface area contributed by atoms with Crippen LogP contribution in [-0.4, -0.2) is 22.4 Å². The molecule has 5 nitrogen and oxygen atoms in total. The topological polar surface area (TPSA) is 66.9 Å². The fraction of sp³-hybridized carbons (Fsp3) is 0.267. The molecule has 104 valence electrons. The summed E-state index contributed by atoms with van der Waals surface area (Å²) in [6, 6.07) is 5.42. The van der Waals surface area contributed by atoms with Gasteiger partial charge in [-0.25, -0.2) is 4.98 Å². The Bertz CT molecular complexity index is 581. The second-order valence-corrected chi connectivity index (χ2v) is 4.50. The van der Waals surface area contributed by atoms with Gasteiger partial charge in [0.25, 0.3) is 5.91 Å². The molecule has 0 aliphatic carbocycles. The van der Waals surface area contributed by atoms with Gasteiger partial charge in [0, 0.05) is 18.9 Å². The molecular formula is C15H18N4O. The molecule has 0 aromatic carbocycles. The van der Waals surface area contributed by atoms with Crippen LogP contribution in [0, 0.1) is 6.92 Å². The summed E-state index contributed by atoms with van der Waals surface area (Å²) in [5.74, 6) is 0.594. The highest BCUT2D eigenvalue weighted by molar-refractivity contribution is 6.04. The number of hydrogen-bond acceptors (Lipinski definition) is 4. The molecule has 2 aromatic heterocycles. The van der Waals surface area contributed by atoms with E-state index in [0.29, 0.717) is 11.3 Å². The zero-order chi connectivity index (χ0) is 14.4. The van der Waals surface area contributed by atoms with Crippen LogP contribution in [0.15, 0.2) is 36.8 Å². The number of aryl methyl sites for hydroxylation is 1. The summed E-state index contributed by atoms with van der Waals surface area (Å²) in [4.78, 5) is 20.3. The van der Waals surface area contributed by atoms with E-state index in [-0.39, 0.29) is 5.91 Å². The summed E-state index contributed by atoms with van der Waals surface area (Å²) in [6.07, 6.45) is 5.93. The lowest BCUT2D eigenvalue weighted by molar-refractivity contribution is 0.102. The van der Waals surface area contributed by atoms with Gasteiger partial charge in [-0.15, -0.1) is 0 Å². The maximum atomic E-state index is 12.1. The highest BCUT2D eigenvalue weighted by atomic mass is 16.1. The second kappa shape index (κ2) is 6.65. The van der Waals surface area contributed by atoms with E-state index in [9.17, 15) is 4.79 Å². The van der Waals surface area contributed by atoms with Gasteiger partial charge in [-0.1, -0.05) is 6.92 Å². The van der Waals surface area contributed by atoms with Crippen molar-refractivity contribution >= 4 is 17.4 Å². The standard InChI is InChI=1S/C15H18N4O/c1-3-7-17-14-5-4-12(9-18-14)15(20)19-13-10-16-8-6-11(13)2/h4-6,8-10H,3,7H2,1-2H3,(H,17,18)(H,19,20). The Morgan fingerprint density at radius 1 is 1.25 bits per heavy atom. The van der Waals surface area contributed by atoms with Gasteiger partial charge in [-0.05, 0) is 37.1 Å². The number of nitrogens with zero attached hydrogens (tertiary/aromatic N) is 2. The molecule has 2 N–H and O–H groups in total. The first-order chi connectivity index (χ1) is 9.70. The van der Waals surface area contributed by atoms with Gasteiger partial charge >= 0.3 is 0 Å². The summed E-state index contributed by atoms with van der Waals surface area (Å²) in [7, 11) is 0. The van der Waals surface area contributed by atoms with Crippen molar-refractivity contribution in [2.45, 2.75) is 20.3 Å². The SMILES string of the molecule is CCCNc1ccc(C(=O)Nc2cnccc2C)cn1. The molecule has 0 spiro atoms. The first-order valence-corrected chi connectivity index (χ1v) is 6.62. The predicted molar refractivity (Wildman–Crippen MR) is 79.9 cm³/mol. The third kappa shape index (κ3) is 3.54. The third-order valence-corrected chi connectivity index (χ3v) is 2.87. The molecule has 0 unspecified atom stereocenters.